The van der Waals surface area contributed by atoms with Gasteiger partial charge in [-0.1, -0.05) is 6.07 Å². The summed E-state index contributed by atoms with van der Waals surface area (Å²) >= 11 is 0. The van der Waals surface area contributed by atoms with Crippen LogP contribution in [0.5, 0.6) is 0 Å². The van der Waals surface area contributed by atoms with E-state index in [1.165, 1.54) is 26.4 Å². The number of carbonyl (C=O) groups is 2. The highest BCUT2D eigenvalue weighted by molar-refractivity contribution is 6.03. The fraction of sp³-hybridized carbons (Fsp3) is 0.182. The molecule has 0 atom stereocenters. The van der Waals surface area contributed by atoms with Crippen molar-refractivity contribution in [2.45, 2.75) is 0 Å². The number of hydrogen-bond donors (Lipinski definition) is 0. The molecular formula is C11H11O4. The van der Waals surface area contributed by atoms with Crippen LogP contribution in [0, 0.1) is 6.92 Å². The van der Waals surface area contributed by atoms with Crippen molar-refractivity contribution in [2.75, 3.05) is 14.2 Å². The van der Waals surface area contributed by atoms with Gasteiger partial charge >= 0.3 is 11.9 Å². The van der Waals surface area contributed by atoms with Crippen LogP contribution in [-0.2, 0) is 9.47 Å². The summed E-state index contributed by atoms with van der Waals surface area (Å²) in [6.45, 7) is 3.66. The predicted octanol–water partition coefficient (Wildman–Crippen LogP) is 1.44. The molecule has 0 fully saturated rings. The highest BCUT2D eigenvalue weighted by Gasteiger charge is 2.17. The van der Waals surface area contributed by atoms with E-state index < -0.39 is 11.9 Å². The van der Waals surface area contributed by atoms with E-state index in [2.05, 4.69) is 16.4 Å². The lowest BCUT2D eigenvalue weighted by Crippen LogP contribution is -2.11. The average Bonchev–Trinajstić information content (AvgIpc) is 2.26. The van der Waals surface area contributed by atoms with Gasteiger partial charge in [-0.15, -0.1) is 0 Å². The first-order valence-corrected chi connectivity index (χ1v) is 4.22. The third-order valence-electron chi connectivity index (χ3n) is 1.89. The molecule has 15 heavy (non-hydrogen) atoms. The Morgan fingerprint density at radius 2 is 1.60 bits per heavy atom. The molecule has 1 aromatic rings. The number of rotatable bonds is 2. The summed E-state index contributed by atoms with van der Waals surface area (Å²) in [6.07, 6.45) is 0. The van der Waals surface area contributed by atoms with Crippen molar-refractivity contribution < 1.29 is 19.1 Å². The Morgan fingerprint density at radius 1 is 1.07 bits per heavy atom. The van der Waals surface area contributed by atoms with E-state index in [1.807, 2.05) is 0 Å². The zero-order chi connectivity index (χ0) is 11.4. The van der Waals surface area contributed by atoms with Gasteiger partial charge in [-0.25, -0.2) is 9.59 Å². The number of esters is 2. The topological polar surface area (TPSA) is 52.6 Å². The summed E-state index contributed by atoms with van der Waals surface area (Å²) in [5.74, 6) is -1.16. The smallest absolute Gasteiger partial charge is 0.338 e. The third-order valence-corrected chi connectivity index (χ3v) is 1.89. The van der Waals surface area contributed by atoms with Crippen LogP contribution in [-0.4, -0.2) is 26.2 Å². The van der Waals surface area contributed by atoms with Crippen molar-refractivity contribution in [1.29, 1.82) is 0 Å². The molecule has 1 aromatic carbocycles. The van der Waals surface area contributed by atoms with Gasteiger partial charge < -0.3 is 9.47 Å². The summed E-state index contributed by atoms with van der Waals surface area (Å²) in [5.41, 5.74) is 0.969. The van der Waals surface area contributed by atoms with Gasteiger partial charge in [0.15, 0.2) is 0 Å². The van der Waals surface area contributed by atoms with Crippen LogP contribution in [0.1, 0.15) is 26.3 Å². The maximum absolute atomic E-state index is 11.3. The monoisotopic (exact) mass is 207 g/mol. The molecule has 0 N–H and O–H groups in total. The van der Waals surface area contributed by atoms with Gasteiger partial charge in [0.25, 0.3) is 0 Å². The minimum atomic E-state index is -0.583. The van der Waals surface area contributed by atoms with E-state index in [9.17, 15) is 9.59 Å². The van der Waals surface area contributed by atoms with Crippen LogP contribution >= 0.6 is 0 Å². The van der Waals surface area contributed by atoms with E-state index in [-0.39, 0.29) is 11.1 Å². The summed E-state index contributed by atoms with van der Waals surface area (Å²) in [7, 11) is 2.50. The van der Waals surface area contributed by atoms with E-state index in [1.54, 1.807) is 6.07 Å². The normalized spacial score (nSPS) is 9.53. The Bertz CT molecular complexity index is 396. The molecule has 0 aromatic heterocycles. The van der Waals surface area contributed by atoms with Gasteiger partial charge in [0.1, 0.15) is 0 Å². The Balaban J connectivity index is 3.26. The molecule has 79 valence electrons. The van der Waals surface area contributed by atoms with Gasteiger partial charge in [-0.3, -0.25) is 0 Å². The van der Waals surface area contributed by atoms with Crippen LogP contribution in [0.15, 0.2) is 18.2 Å². The van der Waals surface area contributed by atoms with Crippen LogP contribution in [0.25, 0.3) is 0 Å². The molecule has 0 bridgehead atoms. The van der Waals surface area contributed by atoms with Gasteiger partial charge in [-0.05, 0) is 24.6 Å². The first-order valence-electron chi connectivity index (χ1n) is 4.22. The van der Waals surface area contributed by atoms with Gasteiger partial charge in [0.05, 0.1) is 25.3 Å². The zero-order valence-electron chi connectivity index (χ0n) is 8.57. The lowest BCUT2D eigenvalue weighted by molar-refractivity contribution is 0.0555. The minimum absolute atomic E-state index is 0.164. The molecule has 0 spiro atoms. The van der Waals surface area contributed by atoms with Crippen molar-refractivity contribution in [3.63, 3.8) is 0 Å². The first-order chi connectivity index (χ1) is 7.10. The number of hydrogen-bond acceptors (Lipinski definition) is 4. The number of benzene rings is 1. The lowest BCUT2D eigenvalue weighted by atomic mass is 10.0. The maximum atomic E-state index is 11.3. The number of carbonyl (C=O) groups excluding carboxylic acids is 2. The largest absolute Gasteiger partial charge is 0.465 e. The second-order valence-electron chi connectivity index (χ2n) is 2.86. The molecule has 0 amide bonds. The molecule has 0 unspecified atom stereocenters. The number of methoxy groups -OCH3 is 2. The van der Waals surface area contributed by atoms with E-state index in [4.69, 9.17) is 0 Å². The second-order valence-corrected chi connectivity index (χ2v) is 2.86. The molecule has 0 aliphatic heterocycles. The van der Waals surface area contributed by atoms with Crippen molar-refractivity contribution in [3.05, 3.63) is 41.8 Å². The Kier molecular flexibility index (Phi) is 3.44. The zero-order valence-corrected chi connectivity index (χ0v) is 8.57. The van der Waals surface area contributed by atoms with E-state index >= 15 is 0 Å². The van der Waals surface area contributed by atoms with Crippen LogP contribution in [0.4, 0.5) is 0 Å². The molecule has 0 aliphatic carbocycles. The van der Waals surface area contributed by atoms with Crippen molar-refractivity contribution in [3.8, 4) is 0 Å². The standard InChI is InChI=1S/C11H11O4/c1-7-4-5-8(10(12)14-2)9(6-7)11(13)15-3/h4-6H,1H2,2-3H3. The molecule has 0 saturated heterocycles. The van der Waals surface area contributed by atoms with Crippen LogP contribution < -0.4 is 0 Å². The highest BCUT2D eigenvalue weighted by Crippen LogP contribution is 2.14. The van der Waals surface area contributed by atoms with Crippen molar-refractivity contribution in [1.82, 2.24) is 0 Å². The highest BCUT2D eigenvalue weighted by atomic mass is 16.5. The molecule has 0 saturated carbocycles. The van der Waals surface area contributed by atoms with Crippen LogP contribution in [0.3, 0.4) is 0 Å². The average molecular weight is 207 g/mol. The third kappa shape index (κ3) is 2.34. The molecule has 1 rings (SSSR count). The lowest BCUT2D eigenvalue weighted by Gasteiger charge is -2.06. The number of ether oxygens (including phenoxy) is 2. The summed E-state index contributed by atoms with van der Waals surface area (Å²) in [5, 5.41) is 0. The molecule has 1 radical (unpaired) electrons. The van der Waals surface area contributed by atoms with E-state index in [0.717, 1.165) is 0 Å². The fourth-order valence-corrected chi connectivity index (χ4v) is 1.16. The van der Waals surface area contributed by atoms with Gasteiger partial charge in [0.2, 0.25) is 0 Å². The molecule has 4 heteroatoms. The Labute approximate surface area is 87.8 Å². The SMILES string of the molecule is [CH2]c1ccc(C(=O)OC)c(C(=O)OC)c1. The van der Waals surface area contributed by atoms with Gasteiger partial charge in [-0.2, -0.15) is 0 Å². The van der Waals surface area contributed by atoms with E-state index in [0.29, 0.717) is 5.56 Å². The second kappa shape index (κ2) is 4.59. The Hall–Kier alpha value is -1.84. The summed E-state index contributed by atoms with van der Waals surface area (Å²) < 4.78 is 9.10. The maximum Gasteiger partial charge on any atom is 0.338 e. The molecular weight excluding hydrogens is 196 g/mol. The van der Waals surface area contributed by atoms with Crippen LogP contribution in [0.2, 0.25) is 0 Å². The van der Waals surface area contributed by atoms with Crippen molar-refractivity contribution >= 4 is 11.9 Å². The van der Waals surface area contributed by atoms with Gasteiger partial charge in [0, 0.05) is 0 Å². The summed E-state index contributed by atoms with van der Waals surface area (Å²) in [4.78, 5) is 22.7. The van der Waals surface area contributed by atoms with Crippen molar-refractivity contribution in [2.24, 2.45) is 0 Å². The quantitative estimate of drug-likeness (QED) is 0.688. The molecule has 0 heterocycles. The molecule has 4 nitrogen and oxygen atoms in total. The minimum Gasteiger partial charge on any atom is -0.465 e. The predicted molar refractivity (Wildman–Crippen MR) is 53.6 cm³/mol. The molecule has 0 aliphatic rings. The first kappa shape index (κ1) is 11.2. The Morgan fingerprint density at radius 3 is 2.13 bits per heavy atom. The summed E-state index contributed by atoms with van der Waals surface area (Å²) in [6, 6.07) is 4.59. The fourth-order valence-electron chi connectivity index (χ4n) is 1.16.